The van der Waals surface area contributed by atoms with Gasteiger partial charge in [-0.3, -0.25) is 14.9 Å². The van der Waals surface area contributed by atoms with Gasteiger partial charge in [0.05, 0.1) is 27.8 Å². The Morgan fingerprint density at radius 2 is 2.17 bits per heavy atom. The lowest BCUT2D eigenvalue weighted by atomic mass is 9.95. The molecule has 24 heavy (non-hydrogen) atoms. The van der Waals surface area contributed by atoms with Crippen molar-refractivity contribution < 1.29 is 10.0 Å². The molecule has 0 saturated carbocycles. The lowest BCUT2D eigenvalue weighted by Crippen LogP contribution is -2.34. The molecule has 1 aromatic carbocycles. The molecule has 0 saturated heterocycles. The number of aromatic amines is 1. The number of rotatable bonds is 7. The van der Waals surface area contributed by atoms with E-state index in [2.05, 4.69) is 29.1 Å². The van der Waals surface area contributed by atoms with Crippen molar-refractivity contribution in [2.45, 2.75) is 39.2 Å². The molecule has 0 aliphatic heterocycles. The minimum atomic E-state index is -0.991. The first-order valence-electron chi connectivity index (χ1n) is 7.82. The van der Waals surface area contributed by atoms with Gasteiger partial charge in [-0.25, -0.2) is 4.98 Å². The van der Waals surface area contributed by atoms with Gasteiger partial charge in [0.1, 0.15) is 5.69 Å². The molecular weight excluding hydrogens is 312 g/mol. The number of nitrogens with zero attached hydrogens (tertiary/aromatic N) is 2. The van der Waals surface area contributed by atoms with Crippen LogP contribution in [-0.4, -0.2) is 32.1 Å². The number of nitrogens with one attached hydrogen (secondary N) is 2. The number of nitro groups is 1. The number of hydrogen-bond donors (Lipinski definition) is 3. The third-order valence-corrected chi connectivity index (χ3v) is 3.87. The van der Waals surface area contributed by atoms with Gasteiger partial charge in [-0.2, -0.15) is 0 Å². The number of anilines is 1. The summed E-state index contributed by atoms with van der Waals surface area (Å²) in [5.74, 6) is 0.461. The third kappa shape index (κ3) is 4.29. The Balaban J connectivity index is 2.29. The maximum absolute atomic E-state index is 11.8. The van der Waals surface area contributed by atoms with Crippen LogP contribution in [0.25, 0.3) is 10.9 Å². The van der Waals surface area contributed by atoms with Crippen LogP contribution in [0.4, 0.5) is 11.4 Å². The first-order chi connectivity index (χ1) is 11.2. The van der Waals surface area contributed by atoms with Crippen molar-refractivity contribution in [3.63, 3.8) is 0 Å². The van der Waals surface area contributed by atoms with E-state index in [0.29, 0.717) is 17.9 Å². The predicted octanol–water partition coefficient (Wildman–Crippen LogP) is 2.43. The van der Waals surface area contributed by atoms with E-state index in [4.69, 9.17) is 0 Å². The Bertz CT molecular complexity index is 798. The molecule has 0 bridgehead atoms. The van der Waals surface area contributed by atoms with Crippen LogP contribution in [0.5, 0.6) is 0 Å². The fraction of sp³-hybridized carbons (Fsp3) is 0.500. The van der Waals surface area contributed by atoms with Gasteiger partial charge < -0.3 is 15.4 Å². The van der Waals surface area contributed by atoms with Crippen LogP contribution in [0.3, 0.4) is 0 Å². The molecule has 0 radical (unpaired) electrons. The molecule has 1 heterocycles. The number of H-pyrrole nitrogens is 1. The molecule has 0 amide bonds. The van der Waals surface area contributed by atoms with E-state index in [1.54, 1.807) is 6.92 Å². The molecular formula is C16H22N4O4. The van der Waals surface area contributed by atoms with Gasteiger partial charge in [0, 0.05) is 12.6 Å². The van der Waals surface area contributed by atoms with Crippen molar-refractivity contribution in [3.05, 3.63) is 38.9 Å². The average molecular weight is 334 g/mol. The van der Waals surface area contributed by atoms with E-state index < -0.39 is 16.1 Å². The van der Waals surface area contributed by atoms with Crippen molar-refractivity contribution in [2.75, 3.05) is 11.9 Å². The largest absolute Gasteiger partial charge is 0.388 e. The fourth-order valence-corrected chi connectivity index (χ4v) is 2.37. The SMILES string of the molecule is CC(C)CCC(C)(O)CNc1cc2nc[nH]c(=O)c2cc1[N+](=O)[O-]. The summed E-state index contributed by atoms with van der Waals surface area (Å²) in [7, 11) is 0. The number of fused-ring (bicyclic) bond motifs is 1. The highest BCUT2D eigenvalue weighted by molar-refractivity contribution is 5.86. The molecule has 8 nitrogen and oxygen atoms in total. The summed E-state index contributed by atoms with van der Waals surface area (Å²) >= 11 is 0. The van der Waals surface area contributed by atoms with Crippen LogP contribution in [0.2, 0.25) is 0 Å². The Kier molecular flexibility index (Phi) is 5.18. The first kappa shape index (κ1) is 17.9. The topological polar surface area (TPSA) is 121 Å². The van der Waals surface area contributed by atoms with Gasteiger partial charge in [-0.05, 0) is 31.7 Å². The van der Waals surface area contributed by atoms with Gasteiger partial charge in [-0.1, -0.05) is 13.8 Å². The van der Waals surface area contributed by atoms with Crippen molar-refractivity contribution in [2.24, 2.45) is 5.92 Å². The summed E-state index contributed by atoms with van der Waals surface area (Å²) in [5.41, 5.74) is -1.06. The third-order valence-electron chi connectivity index (χ3n) is 3.87. The summed E-state index contributed by atoms with van der Waals surface area (Å²) in [4.78, 5) is 28.9. The summed E-state index contributed by atoms with van der Waals surface area (Å²) in [6.45, 7) is 6.00. The van der Waals surface area contributed by atoms with Crippen LogP contribution in [-0.2, 0) is 0 Å². The summed E-state index contributed by atoms with van der Waals surface area (Å²) < 4.78 is 0. The van der Waals surface area contributed by atoms with Crippen molar-refractivity contribution >= 4 is 22.3 Å². The fourth-order valence-electron chi connectivity index (χ4n) is 2.37. The maximum Gasteiger partial charge on any atom is 0.293 e. The molecule has 0 aliphatic carbocycles. The number of benzene rings is 1. The molecule has 130 valence electrons. The number of nitro benzene ring substituents is 1. The van der Waals surface area contributed by atoms with E-state index in [-0.39, 0.29) is 23.3 Å². The van der Waals surface area contributed by atoms with Gasteiger partial charge in [0.15, 0.2) is 0 Å². The Labute approximate surface area is 139 Å². The molecule has 0 aliphatic rings. The highest BCUT2D eigenvalue weighted by Crippen LogP contribution is 2.29. The normalized spacial score (nSPS) is 13.9. The van der Waals surface area contributed by atoms with Crippen molar-refractivity contribution in [3.8, 4) is 0 Å². The number of aliphatic hydroxyl groups is 1. The highest BCUT2D eigenvalue weighted by Gasteiger charge is 2.23. The smallest absolute Gasteiger partial charge is 0.293 e. The predicted molar refractivity (Wildman–Crippen MR) is 92.2 cm³/mol. The molecule has 2 aromatic rings. The number of aromatic nitrogens is 2. The lowest BCUT2D eigenvalue weighted by molar-refractivity contribution is -0.383. The van der Waals surface area contributed by atoms with Crippen LogP contribution < -0.4 is 10.9 Å². The Morgan fingerprint density at radius 3 is 2.79 bits per heavy atom. The second-order valence-corrected chi connectivity index (χ2v) is 6.66. The molecule has 2 rings (SSSR count). The van der Waals surface area contributed by atoms with E-state index in [9.17, 15) is 20.0 Å². The van der Waals surface area contributed by atoms with Gasteiger partial charge in [0.25, 0.3) is 11.2 Å². The molecule has 1 atom stereocenters. The zero-order valence-electron chi connectivity index (χ0n) is 14.0. The molecule has 1 aromatic heterocycles. The van der Waals surface area contributed by atoms with Gasteiger partial charge in [-0.15, -0.1) is 0 Å². The summed E-state index contributed by atoms with van der Waals surface area (Å²) in [5, 5.41) is 24.8. The quantitative estimate of drug-likeness (QED) is 0.528. The zero-order valence-corrected chi connectivity index (χ0v) is 14.0. The second-order valence-electron chi connectivity index (χ2n) is 6.66. The number of hydrogen-bond acceptors (Lipinski definition) is 6. The van der Waals surface area contributed by atoms with E-state index in [0.717, 1.165) is 6.42 Å². The van der Waals surface area contributed by atoms with Crippen LogP contribution in [0.1, 0.15) is 33.6 Å². The zero-order chi connectivity index (χ0) is 17.9. The lowest BCUT2D eigenvalue weighted by Gasteiger charge is -2.25. The Morgan fingerprint density at radius 1 is 1.46 bits per heavy atom. The molecule has 1 unspecified atom stereocenters. The standard InChI is InChI=1S/C16H22N4O4/c1-10(2)4-5-16(3,22)8-17-13-7-12-11(6-14(13)20(23)24)15(21)19-9-18-12/h6-7,9-10,17,22H,4-5,8H2,1-3H3,(H,18,19,21). The van der Waals surface area contributed by atoms with Crippen LogP contribution in [0.15, 0.2) is 23.3 Å². The molecule has 0 spiro atoms. The molecule has 3 N–H and O–H groups in total. The van der Waals surface area contributed by atoms with Gasteiger partial charge in [0.2, 0.25) is 0 Å². The van der Waals surface area contributed by atoms with E-state index in [1.807, 2.05) is 0 Å². The van der Waals surface area contributed by atoms with Gasteiger partial charge >= 0.3 is 0 Å². The van der Waals surface area contributed by atoms with Crippen molar-refractivity contribution in [1.29, 1.82) is 0 Å². The molecule has 0 fully saturated rings. The molecule has 8 heteroatoms. The second kappa shape index (κ2) is 6.96. The Hall–Kier alpha value is -2.48. The van der Waals surface area contributed by atoms with E-state index >= 15 is 0 Å². The first-order valence-corrected chi connectivity index (χ1v) is 7.82. The summed E-state index contributed by atoms with van der Waals surface area (Å²) in [6.07, 6.45) is 2.68. The summed E-state index contributed by atoms with van der Waals surface area (Å²) in [6, 6.07) is 2.66. The minimum absolute atomic E-state index is 0.154. The monoisotopic (exact) mass is 334 g/mol. The maximum atomic E-state index is 11.8. The van der Waals surface area contributed by atoms with Crippen LogP contribution >= 0.6 is 0 Å². The minimum Gasteiger partial charge on any atom is -0.388 e. The van der Waals surface area contributed by atoms with Crippen LogP contribution in [0, 0.1) is 16.0 Å². The van der Waals surface area contributed by atoms with E-state index in [1.165, 1.54) is 18.5 Å². The highest BCUT2D eigenvalue weighted by atomic mass is 16.6. The average Bonchev–Trinajstić information content (AvgIpc) is 2.50. The van der Waals surface area contributed by atoms with Crippen molar-refractivity contribution in [1.82, 2.24) is 9.97 Å².